The summed E-state index contributed by atoms with van der Waals surface area (Å²) in [5.41, 5.74) is 0.686. The number of ether oxygens (including phenoxy) is 1. The lowest BCUT2D eigenvalue weighted by atomic mass is 10.1. The molecule has 1 aromatic carbocycles. The van der Waals surface area contributed by atoms with Gasteiger partial charge in [0.2, 0.25) is 0 Å². The Balaban J connectivity index is 2.14. The lowest BCUT2D eigenvalue weighted by Crippen LogP contribution is -2.17. The minimum atomic E-state index is -0.826. The molecule has 0 unspecified atom stereocenters. The van der Waals surface area contributed by atoms with Gasteiger partial charge in [-0.15, -0.1) is 0 Å². The van der Waals surface area contributed by atoms with Gasteiger partial charge in [0.05, 0.1) is 22.8 Å². The van der Waals surface area contributed by atoms with Crippen LogP contribution < -0.4 is 15.4 Å². The largest absolute Gasteiger partial charge is 0.865 e. The number of fused-ring (bicyclic) bond motifs is 1. The van der Waals surface area contributed by atoms with E-state index in [1.807, 2.05) is 0 Å². The molecule has 0 saturated carbocycles. The van der Waals surface area contributed by atoms with E-state index in [0.717, 1.165) is 11.8 Å². The molecule has 0 radical (unpaired) electrons. The number of methoxy groups -OCH3 is 1. The van der Waals surface area contributed by atoms with Crippen LogP contribution in [0.1, 0.15) is 17.0 Å². The highest BCUT2D eigenvalue weighted by molar-refractivity contribution is 6.51. The average Bonchev–Trinajstić information content (AvgIpc) is 2.62. The summed E-state index contributed by atoms with van der Waals surface area (Å²) in [7, 11) is 1.24. The van der Waals surface area contributed by atoms with Crippen molar-refractivity contribution in [2.24, 2.45) is 0 Å². The van der Waals surface area contributed by atoms with Crippen molar-refractivity contribution in [2.75, 3.05) is 7.11 Å². The Kier molecular flexibility index (Phi) is 4.83. The predicted molar refractivity (Wildman–Crippen MR) is 99.0 cm³/mol. The van der Waals surface area contributed by atoms with Crippen LogP contribution in [0.4, 0.5) is 5.69 Å². The zero-order valence-corrected chi connectivity index (χ0v) is 15.1. The molecule has 0 aliphatic carbocycles. The number of nitrogens with zero attached hydrogens (tertiary/aromatic N) is 3. The van der Waals surface area contributed by atoms with Gasteiger partial charge in [-0.3, -0.25) is 19.3 Å². The van der Waals surface area contributed by atoms with Crippen LogP contribution in [0.2, 0.25) is 0 Å². The Bertz CT molecular complexity index is 1150. The van der Waals surface area contributed by atoms with E-state index in [0.29, 0.717) is 5.65 Å². The topological polar surface area (TPSA) is 110 Å². The second-order valence-electron chi connectivity index (χ2n) is 5.66. The Morgan fingerprint density at radius 3 is 2.74 bits per heavy atom. The first kappa shape index (κ1) is 18.4. The minimum Gasteiger partial charge on any atom is -0.865 e. The van der Waals surface area contributed by atoms with E-state index in [1.165, 1.54) is 29.7 Å². The Morgan fingerprint density at radius 2 is 2.07 bits per heavy atom. The molecule has 3 rings (SSSR count). The van der Waals surface area contributed by atoms with Crippen LogP contribution >= 0.6 is 11.6 Å². The molecule has 8 nitrogen and oxygen atoms in total. The van der Waals surface area contributed by atoms with E-state index in [4.69, 9.17) is 16.3 Å². The van der Waals surface area contributed by atoms with E-state index in [2.05, 4.69) is 4.98 Å². The van der Waals surface area contributed by atoms with Gasteiger partial charge in [-0.2, -0.15) is 0 Å². The molecule has 0 saturated heterocycles. The third-order valence-electron chi connectivity index (χ3n) is 3.89. The van der Waals surface area contributed by atoms with Crippen molar-refractivity contribution in [3.63, 3.8) is 0 Å². The van der Waals surface area contributed by atoms with Gasteiger partial charge < -0.3 is 9.84 Å². The summed E-state index contributed by atoms with van der Waals surface area (Å²) in [6, 6.07) is 8.90. The number of halogens is 1. The maximum Gasteiger partial charge on any atom is 0.266 e. The summed E-state index contributed by atoms with van der Waals surface area (Å²) in [6.07, 6.45) is 1.38. The minimum absolute atomic E-state index is 0.0890. The van der Waals surface area contributed by atoms with Gasteiger partial charge in [0.1, 0.15) is 11.4 Å². The maximum absolute atomic E-state index is 12.4. The van der Waals surface area contributed by atoms with Crippen molar-refractivity contribution in [2.45, 2.75) is 6.92 Å². The van der Waals surface area contributed by atoms with Crippen LogP contribution in [0.5, 0.6) is 11.5 Å². The molecule has 0 spiro atoms. The predicted octanol–water partition coefficient (Wildman–Crippen LogP) is 2.73. The summed E-state index contributed by atoms with van der Waals surface area (Å²) in [6.45, 7) is 1.78. The number of rotatable bonds is 4. The fourth-order valence-corrected chi connectivity index (χ4v) is 2.86. The molecule has 2 aromatic heterocycles. The quantitative estimate of drug-likeness (QED) is 0.503. The first-order valence-corrected chi connectivity index (χ1v) is 8.10. The monoisotopic (exact) mass is 386 g/mol. The molecule has 138 valence electrons. The molecule has 0 aliphatic heterocycles. The van der Waals surface area contributed by atoms with E-state index in [1.54, 1.807) is 25.1 Å². The van der Waals surface area contributed by atoms with Gasteiger partial charge in [0, 0.05) is 23.6 Å². The molecular formula is C18H13ClN3O5-. The molecule has 0 fully saturated rings. The molecule has 2 heterocycles. The van der Waals surface area contributed by atoms with Gasteiger partial charge in [-0.25, -0.2) is 4.98 Å². The van der Waals surface area contributed by atoms with E-state index < -0.39 is 16.4 Å². The molecule has 0 N–H and O–H groups in total. The van der Waals surface area contributed by atoms with Gasteiger partial charge in [-0.1, -0.05) is 17.7 Å². The Labute approximate surface area is 158 Å². The third-order valence-corrected chi connectivity index (χ3v) is 4.20. The summed E-state index contributed by atoms with van der Waals surface area (Å²) in [4.78, 5) is 27.0. The number of pyridine rings is 1. The second-order valence-corrected chi connectivity index (χ2v) is 6.07. The Morgan fingerprint density at radius 1 is 1.33 bits per heavy atom. The first-order chi connectivity index (χ1) is 12.8. The van der Waals surface area contributed by atoms with Crippen LogP contribution in [0.3, 0.4) is 0 Å². The molecule has 0 amide bonds. The molecule has 9 heteroatoms. The fourth-order valence-electron chi connectivity index (χ4n) is 2.64. The van der Waals surface area contributed by atoms with Gasteiger partial charge in [0.25, 0.3) is 11.2 Å². The smallest absolute Gasteiger partial charge is 0.266 e. The van der Waals surface area contributed by atoms with Gasteiger partial charge >= 0.3 is 0 Å². The van der Waals surface area contributed by atoms with E-state index >= 15 is 0 Å². The fraction of sp³-hybridized carbons (Fsp3) is 0.111. The zero-order valence-electron chi connectivity index (χ0n) is 14.3. The molecule has 0 aliphatic rings. The number of hydrogen-bond acceptors (Lipinski definition) is 6. The first-order valence-electron chi connectivity index (χ1n) is 7.72. The number of nitro groups is 1. The standard InChI is InChI=1S/C18H14ClN3O5/c1-10-4-3-5-16-20-13(9-17(23)21(10)16)12(19)6-11-7-14(22(25)26)18(24)15(8-11)27-2/h3-9,24H,1-2H3/p-1/b12-6-. The summed E-state index contributed by atoms with van der Waals surface area (Å²) < 4.78 is 6.33. The van der Waals surface area contributed by atoms with E-state index in [-0.39, 0.29) is 27.6 Å². The third kappa shape index (κ3) is 3.47. The summed E-state index contributed by atoms with van der Waals surface area (Å²) in [5.74, 6) is -1.00. The molecule has 27 heavy (non-hydrogen) atoms. The summed E-state index contributed by atoms with van der Waals surface area (Å²) in [5, 5.41) is 23.0. The SMILES string of the molecule is COc1cc(/C=C(\Cl)c2cc(=O)n3c(C)cccc3n2)cc([N+](=O)[O-])c1[O-]. The van der Waals surface area contributed by atoms with Crippen LogP contribution in [-0.4, -0.2) is 21.4 Å². The van der Waals surface area contributed by atoms with Crippen LogP contribution in [0.15, 0.2) is 41.2 Å². The highest BCUT2D eigenvalue weighted by Crippen LogP contribution is 2.36. The van der Waals surface area contributed by atoms with Crippen molar-refractivity contribution in [3.05, 3.63) is 73.8 Å². The maximum atomic E-state index is 12.4. The van der Waals surface area contributed by atoms with Crippen molar-refractivity contribution in [1.82, 2.24) is 9.38 Å². The van der Waals surface area contributed by atoms with Crippen LogP contribution in [0.25, 0.3) is 16.8 Å². The average molecular weight is 387 g/mol. The molecule has 0 atom stereocenters. The number of aryl methyl sites for hydroxylation is 1. The molecule has 0 bridgehead atoms. The second kappa shape index (κ2) is 7.08. The number of benzene rings is 1. The Hall–Kier alpha value is -3.39. The molecular weight excluding hydrogens is 374 g/mol. The number of aromatic nitrogens is 2. The zero-order chi connectivity index (χ0) is 19.7. The van der Waals surface area contributed by atoms with Gasteiger partial charge in [0.15, 0.2) is 0 Å². The normalized spacial score (nSPS) is 11.6. The van der Waals surface area contributed by atoms with Crippen molar-refractivity contribution in [3.8, 4) is 11.5 Å². The van der Waals surface area contributed by atoms with E-state index in [9.17, 15) is 20.0 Å². The van der Waals surface area contributed by atoms with Crippen molar-refractivity contribution < 1.29 is 14.8 Å². The highest BCUT2D eigenvalue weighted by Gasteiger charge is 2.14. The summed E-state index contributed by atoms with van der Waals surface area (Å²) >= 11 is 6.28. The van der Waals surface area contributed by atoms with Crippen molar-refractivity contribution in [1.29, 1.82) is 0 Å². The molecule has 3 aromatic rings. The number of nitro benzene ring substituents is 1. The highest BCUT2D eigenvalue weighted by atomic mass is 35.5. The van der Waals surface area contributed by atoms with Crippen LogP contribution in [0, 0.1) is 17.0 Å². The number of hydrogen-bond donors (Lipinski definition) is 0. The van der Waals surface area contributed by atoms with Crippen LogP contribution in [-0.2, 0) is 0 Å². The lowest BCUT2D eigenvalue weighted by molar-refractivity contribution is -0.398. The van der Waals surface area contributed by atoms with Crippen molar-refractivity contribution >= 4 is 34.0 Å². The lowest BCUT2D eigenvalue weighted by Gasteiger charge is -2.13. The van der Waals surface area contributed by atoms with Gasteiger partial charge in [-0.05, 0) is 36.8 Å².